The first kappa shape index (κ1) is 15.4. The monoisotopic (exact) mass is 293 g/mol. The number of hydrogen-bond acceptors (Lipinski definition) is 5. The van der Waals surface area contributed by atoms with Gasteiger partial charge in [-0.25, -0.2) is 9.44 Å². The summed E-state index contributed by atoms with van der Waals surface area (Å²) in [5, 5.41) is 12.7. The summed E-state index contributed by atoms with van der Waals surface area (Å²) in [5.41, 5.74) is -0.296. The summed E-state index contributed by atoms with van der Waals surface area (Å²) in [6.45, 7) is 5.35. The van der Waals surface area contributed by atoms with E-state index in [1.165, 1.54) is 29.4 Å². The average Bonchev–Trinajstić information content (AvgIpc) is 2.67. The maximum atomic E-state index is 12.7. The standard InChI is InChI=1S/C14H19N3O4/c1-14(2,3)21-12(18)10-16-8-9-17(20,13(16)19)11-4-6-15-7-5-11/h4-7H,8-10H2,1-3H3. The highest BCUT2D eigenvalue weighted by Gasteiger charge is 2.43. The lowest BCUT2D eigenvalue weighted by Crippen LogP contribution is -2.48. The second-order valence-corrected chi connectivity index (χ2v) is 5.96. The molecule has 2 heterocycles. The molecule has 2 rings (SSSR count). The van der Waals surface area contributed by atoms with Crippen molar-refractivity contribution in [2.45, 2.75) is 26.4 Å². The second-order valence-electron chi connectivity index (χ2n) is 5.96. The molecular weight excluding hydrogens is 274 g/mol. The highest BCUT2D eigenvalue weighted by molar-refractivity contribution is 5.92. The zero-order valence-corrected chi connectivity index (χ0v) is 12.4. The van der Waals surface area contributed by atoms with Crippen LogP contribution in [0.5, 0.6) is 0 Å². The Hall–Kier alpha value is -1.99. The number of urea groups is 1. The normalized spacial score (nSPS) is 22.5. The zero-order chi connectivity index (χ0) is 15.7. The highest BCUT2D eigenvalue weighted by Crippen LogP contribution is 2.27. The summed E-state index contributed by atoms with van der Waals surface area (Å²) < 4.78 is 4.08. The van der Waals surface area contributed by atoms with Crippen LogP contribution in [0, 0.1) is 5.21 Å². The summed E-state index contributed by atoms with van der Waals surface area (Å²) in [7, 11) is 0. The maximum Gasteiger partial charge on any atom is 0.425 e. The predicted molar refractivity (Wildman–Crippen MR) is 77.1 cm³/mol. The Balaban J connectivity index is 2.07. The Bertz CT molecular complexity index is 541. The van der Waals surface area contributed by atoms with Gasteiger partial charge in [0.05, 0.1) is 6.54 Å². The van der Waals surface area contributed by atoms with E-state index >= 15 is 0 Å². The number of ether oxygens (including phenoxy) is 1. The number of carbonyl (C=O) groups excluding carboxylic acids is 2. The van der Waals surface area contributed by atoms with Crippen molar-refractivity contribution in [2.24, 2.45) is 0 Å². The molecule has 1 unspecified atom stereocenters. The number of quaternary nitrogens is 1. The lowest BCUT2D eigenvalue weighted by atomic mass is 10.2. The first-order chi connectivity index (χ1) is 9.72. The van der Waals surface area contributed by atoms with Gasteiger partial charge in [0, 0.05) is 24.5 Å². The van der Waals surface area contributed by atoms with Gasteiger partial charge in [-0.2, -0.15) is 0 Å². The van der Waals surface area contributed by atoms with Crippen molar-refractivity contribution in [1.82, 2.24) is 14.5 Å². The van der Waals surface area contributed by atoms with Crippen LogP contribution in [0.1, 0.15) is 20.8 Å². The molecule has 0 spiro atoms. The van der Waals surface area contributed by atoms with Crippen molar-refractivity contribution in [3.8, 4) is 0 Å². The van der Waals surface area contributed by atoms with E-state index in [1.54, 1.807) is 20.8 Å². The summed E-state index contributed by atoms with van der Waals surface area (Å²) in [4.78, 5) is 29.1. The lowest BCUT2D eigenvalue weighted by molar-refractivity contribution is -0.155. The maximum absolute atomic E-state index is 12.7. The lowest BCUT2D eigenvalue weighted by Gasteiger charge is -2.33. The van der Waals surface area contributed by atoms with Crippen LogP contribution < -0.4 is 4.65 Å². The highest BCUT2D eigenvalue weighted by atomic mass is 16.6. The fourth-order valence-electron chi connectivity index (χ4n) is 2.18. The fourth-order valence-corrected chi connectivity index (χ4v) is 2.18. The molecule has 0 saturated carbocycles. The molecule has 0 bridgehead atoms. The van der Waals surface area contributed by atoms with Crippen LogP contribution in [-0.4, -0.2) is 47.1 Å². The molecule has 0 aliphatic carbocycles. The molecule has 0 N–H and O–H groups in total. The molecule has 1 atom stereocenters. The van der Waals surface area contributed by atoms with Gasteiger partial charge in [-0.15, -0.1) is 0 Å². The molecule has 7 heteroatoms. The molecule has 1 aliphatic rings. The quantitative estimate of drug-likeness (QED) is 0.481. The van der Waals surface area contributed by atoms with E-state index in [0.29, 0.717) is 5.69 Å². The minimum Gasteiger partial charge on any atom is -0.618 e. The molecule has 1 saturated heterocycles. The number of esters is 1. The number of carbonyl (C=O) groups is 2. The minimum atomic E-state index is -1.09. The van der Waals surface area contributed by atoms with Crippen LogP contribution in [0.3, 0.4) is 0 Å². The van der Waals surface area contributed by atoms with Gasteiger partial charge in [-0.05, 0) is 20.8 Å². The first-order valence-corrected chi connectivity index (χ1v) is 6.73. The number of hydrogen-bond donors (Lipinski definition) is 0. The van der Waals surface area contributed by atoms with Crippen molar-refractivity contribution >= 4 is 17.7 Å². The minimum absolute atomic E-state index is 0.0750. The summed E-state index contributed by atoms with van der Waals surface area (Å²) in [6.07, 6.45) is 2.94. The van der Waals surface area contributed by atoms with Gasteiger partial charge in [0.25, 0.3) is 0 Å². The second kappa shape index (κ2) is 5.42. The predicted octanol–water partition coefficient (Wildman–Crippen LogP) is 1.66. The molecule has 1 aromatic heterocycles. The largest absolute Gasteiger partial charge is 0.618 e. The molecule has 0 radical (unpaired) electrons. The zero-order valence-electron chi connectivity index (χ0n) is 12.4. The van der Waals surface area contributed by atoms with Gasteiger partial charge < -0.3 is 9.94 Å². The van der Waals surface area contributed by atoms with Crippen LogP contribution in [0.2, 0.25) is 0 Å². The van der Waals surface area contributed by atoms with Crippen LogP contribution in [-0.2, 0) is 9.53 Å². The molecule has 1 aliphatic heterocycles. The van der Waals surface area contributed by atoms with Gasteiger partial charge in [-0.1, -0.05) is 0 Å². The average molecular weight is 293 g/mol. The van der Waals surface area contributed by atoms with Crippen LogP contribution in [0.15, 0.2) is 24.5 Å². The van der Waals surface area contributed by atoms with E-state index in [9.17, 15) is 14.8 Å². The Morgan fingerprint density at radius 1 is 1.43 bits per heavy atom. The van der Waals surface area contributed by atoms with Gasteiger partial charge in [0.1, 0.15) is 24.4 Å². The van der Waals surface area contributed by atoms with E-state index in [2.05, 4.69) is 4.98 Å². The molecule has 114 valence electrons. The van der Waals surface area contributed by atoms with E-state index in [0.717, 1.165) is 0 Å². The van der Waals surface area contributed by atoms with Crippen LogP contribution >= 0.6 is 0 Å². The van der Waals surface area contributed by atoms with E-state index in [-0.39, 0.29) is 19.6 Å². The number of aromatic nitrogens is 1. The Morgan fingerprint density at radius 3 is 2.62 bits per heavy atom. The smallest absolute Gasteiger partial charge is 0.425 e. The molecule has 1 aromatic rings. The van der Waals surface area contributed by atoms with Crippen LogP contribution in [0.25, 0.3) is 0 Å². The van der Waals surface area contributed by atoms with Crippen molar-refractivity contribution < 1.29 is 14.3 Å². The number of rotatable bonds is 3. The third-order valence-electron chi connectivity index (χ3n) is 3.08. The third-order valence-corrected chi connectivity index (χ3v) is 3.08. The van der Waals surface area contributed by atoms with Crippen LogP contribution in [0.4, 0.5) is 10.5 Å². The van der Waals surface area contributed by atoms with Crippen molar-refractivity contribution in [3.05, 3.63) is 29.7 Å². The number of hydroxylamine groups is 2. The molecule has 0 aromatic carbocycles. The third kappa shape index (κ3) is 3.37. The van der Waals surface area contributed by atoms with Crippen molar-refractivity contribution in [2.75, 3.05) is 19.6 Å². The van der Waals surface area contributed by atoms with Gasteiger partial charge >= 0.3 is 12.0 Å². The Morgan fingerprint density at radius 2 is 2.05 bits per heavy atom. The molecule has 7 nitrogen and oxygen atoms in total. The fraction of sp³-hybridized carbons (Fsp3) is 0.500. The number of amides is 2. The molecular formula is C14H19N3O4. The SMILES string of the molecule is CC(C)(C)OC(=O)CN1CC[N+]([O-])(c2ccncc2)C1=O. The Kier molecular flexibility index (Phi) is 3.97. The number of pyridine rings is 1. The summed E-state index contributed by atoms with van der Waals surface area (Å²) >= 11 is 0. The summed E-state index contributed by atoms with van der Waals surface area (Å²) in [5.74, 6) is -0.515. The van der Waals surface area contributed by atoms with Crippen molar-refractivity contribution in [3.63, 3.8) is 0 Å². The molecule has 2 amide bonds. The van der Waals surface area contributed by atoms with Gasteiger partial charge in [-0.3, -0.25) is 14.7 Å². The van der Waals surface area contributed by atoms with Crippen molar-refractivity contribution in [1.29, 1.82) is 0 Å². The van der Waals surface area contributed by atoms with E-state index < -0.39 is 22.2 Å². The molecule has 21 heavy (non-hydrogen) atoms. The topological polar surface area (TPSA) is 82.6 Å². The van der Waals surface area contributed by atoms with E-state index in [4.69, 9.17) is 4.74 Å². The van der Waals surface area contributed by atoms with E-state index in [1.807, 2.05) is 0 Å². The summed E-state index contributed by atoms with van der Waals surface area (Å²) in [6, 6.07) is 2.39. The molecule has 1 fully saturated rings. The van der Waals surface area contributed by atoms with Gasteiger partial charge in [0.15, 0.2) is 0 Å². The first-order valence-electron chi connectivity index (χ1n) is 6.73. The number of nitrogens with zero attached hydrogens (tertiary/aromatic N) is 3. The Labute approximate surface area is 123 Å². The van der Waals surface area contributed by atoms with Gasteiger partial charge in [0.2, 0.25) is 0 Å².